The van der Waals surface area contributed by atoms with Gasteiger partial charge in [-0.1, -0.05) is 6.92 Å². The number of aromatic amines is 1. The summed E-state index contributed by atoms with van der Waals surface area (Å²) in [6, 6.07) is 0. The van der Waals surface area contributed by atoms with Crippen LogP contribution in [0.5, 0.6) is 0 Å². The maximum absolute atomic E-state index is 11.1. The van der Waals surface area contributed by atoms with Crippen molar-refractivity contribution in [1.82, 2.24) is 19.4 Å². The van der Waals surface area contributed by atoms with E-state index >= 15 is 0 Å². The van der Waals surface area contributed by atoms with Crippen LogP contribution in [-0.4, -0.2) is 31.5 Å². The van der Waals surface area contributed by atoms with E-state index in [1.807, 2.05) is 0 Å². The van der Waals surface area contributed by atoms with Crippen molar-refractivity contribution in [3.63, 3.8) is 0 Å². The first kappa shape index (κ1) is 12.2. The average molecular weight is 232 g/mol. The molecule has 0 aliphatic heterocycles. The number of imidazole rings is 1. The van der Waals surface area contributed by atoms with Gasteiger partial charge in [0.05, 0.1) is 0 Å². The van der Waals surface area contributed by atoms with Gasteiger partial charge in [0.15, 0.2) is 0 Å². The zero-order valence-corrected chi connectivity index (χ0v) is 9.47. The summed E-state index contributed by atoms with van der Waals surface area (Å²) in [5.74, 6) is 0.873. The Balaban J connectivity index is 2.17. The molecule has 0 bridgehead atoms. The number of aryl methyl sites for hydroxylation is 1. The number of aromatic nitrogens is 2. The van der Waals surface area contributed by atoms with Crippen LogP contribution in [0.3, 0.4) is 0 Å². The maximum atomic E-state index is 11.1. The number of hydrogen-bond donors (Lipinski definition) is 3. The van der Waals surface area contributed by atoms with E-state index < -0.39 is 10.2 Å². The molecule has 1 aromatic rings. The van der Waals surface area contributed by atoms with Gasteiger partial charge in [-0.15, -0.1) is 0 Å². The second-order valence-corrected chi connectivity index (χ2v) is 4.62. The molecule has 0 saturated carbocycles. The lowest BCUT2D eigenvalue weighted by atomic mass is 10.3. The molecular formula is C8H16N4O2S. The SMILES string of the molecule is CCNS(=O)(=O)NCCCc1ncc[nH]1. The zero-order chi connectivity index (χ0) is 11.1. The molecule has 7 heteroatoms. The van der Waals surface area contributed by atoms with Crippen LogP contribution in [0.2, 0.25) is 0 Å². The Morgan fingerprint density at radius 1 is 1.47 bits per heavy atom. The molecule has 0 aliphatic carbocycles. The molecule has 0 amide bonds. The minimum absolute atomic E-state index is 0.396. The first-order valence-electron chi connectivity index (χ1n) is 4.86. The van der Waals surface area contributed by atoms with Gasteiger partial charge in [0.1, 0.15) is 5.82 Å². The lowest BCUT2D eigenvalue weighted by Crippen LogP contribution is -2.36. The zero-order valence-electron chi connectivity index (χ0n) is 8.66. The highest BCUT2D eigenvalue weighted by Gasteiger charge is 2.05. The topological polar surface area (TPSA) is 86.9 Å². The van der Waals surface area contributed by atoms with Crippen LogP contribution < -0.4 is 9.44 Å². The van der Waals surface area contributed by atoms with Crippen LogP contribution in [0.1, 0.15) is 19.2 Å². The number of hydrogen-bond acceptors (Lipinski definition) is 3. The lowest BCUT2D eigenvalue weighted by Gasteiger charge is -2.05. The third-order valence-electron chi connectivity index (χ3n) is 1.77. The summed E-state index contributed by atoms with van der Waals surface area (Å²) < 4.78 is 27.1. The van der Waals surface area contributed by atoms with Crippen LogP contribution in [0, 0.1) is 0 Å². The van der Waals surface area contributed by atoms with Crippen LogP contribution in [-0.2, 0) is 16.6 Å². The third-order valence-corrected chi connectivity index (χ3v) is 3.02. The van der Waals surface area contributed by atoms with Crippen molar-refractivity contribution < 1.29 is 8.42 Å². The van der Waals surface area contributed by atoms with E-state index in [2.05, 4.69) is 19.4 Å². The Morgan fingerprint density at radius 2 is 2.27 bits per heavy atom. The summed E-state index contributed by atoms with van der Waals surface area (Å²) in [5, 5.41) is 0. The van der Waals surface area contributed by atoms with E-state index in [1.54, 1.807) is 19.3 Å². The highest BCUT2D eigenvalue weighted by molar-refractivity contribution is 7.87. The molecule has 1 heterocycles. The maximum Gasteiger partial charge on any atom is 0.276 e. The van der Waals surface area contributed by atoms with Crippen LogP contribution >= 0.6 is 0 Å². The highest BCUT2D eigenvalue weighted by atomic mass is 32.2. The van der Waals surface area contributed by atoms with Crippen LogP contribution in [0.4, 0.5) is 0 Å². The average Bonchev–Trinajstić information content (AvgIpc) is 2.65. The summed E-state index contributed by atoms with van der Waals surface area (Å²) in [5.41, 5.74) is 0. The van der Waals surface area contributed by atoms with Crippen molar-refractivity contribution >= 4 is 10.2 Å². The van der Waals surface area contributed by atoms with E-state index in [4.69, 9.17) is 0 Å². The highest BCUT2D eigenvalue weighted by Crippen LogP contribution is 1.93. The molecule has 1 rings (SSSR count). The summed E-state index contributed by atoms with van der Waals surface area (Å²) in [6.45, 7) is 2.55. The van der Waals surface area contributed by atoms with Gasteiger partial charge in [0.2, 0.25) is 0 Å². The van der Waals surface area contributed by atoms with Crippen LogP contribution in [0.25, 0.3) is 0 Å². The molecule has 6 nitrogen and oxygen atoms in total. The Labute approximate surface area is 89.7 Å². The monoisotopic (exact) mass is 232 g/mol. The standard InChI is InChI=1S/C8H16N4O2S/c1-2-11-15(13,14)12-5-3-4-8-9-6-7-10-8/h6-7,11-12H,2-5H2,1H3,(H,9,10). The molecule has 0 aliphatic rings. The van der Waals surface area contributed by atoms with Gasteiger partial charge >= 0.3 is 0 Å². The first-order chi connectivity index (χ1) is 7.14. The van der Waals surface area contributed by atoms with E-state index in [1.165, 1.54) is 0 Å². The Kier molecular flexibility index (Phi) is 4.73. The van der Waals surface area contributed by atoms with Crippen molar-refractivity contribution in [2.24, 2.45) is 0 Å². The van der Waals surface area contributed by atoms with Gasteiger partial charge in [0.25, 0.3) is 10.2 Å². The van der Waals surface area contributed by atoms with Gasteiger partial charge in [-0.05, 0) is 6.42 Å². The van der Waals surface area contributed by atoms with Crippen molar-refractivity contribution in [3.8, 4) is 0 Å². The summed E-state index contributed by atoms with van der Waals surface area (Å²) in [4.78, 5) is 6.99. The molecule has 86 valence electrons. The molecule has 1 aromatic heterocycles. The van der Waals surface area contributed by atoms with Crippen LogP contribution in [0.15, 0.2) is 12.4 Å². The number of rotatable bonds is 7. The van der Waals surface area contributed by atoms with Gasteiger partial charge in [-0.3, -0.25) is 0 Å². The van der Waals surface area contributed by atoms with Crippen molar-refractivity contribution in [3.05, 3.63) is 18.2 Å². The smallest absolute Gasteiger partial charge is 0.276 e. The number of nitrogens with zero attached hydrogens (tertiary/aromatic N) is 1. The molecular weight excluding hydrogens is 216 g/mol. The lowest BCUT2D eigenvalue weighted by molar-refractivity contribution is 0.565. The van der Waals surface area contributed by atoms with Gasteiger partial charge < -0.3 is 4.98 Å². The molecule has 0 fully saturated rings. The minimum atomic E-state index is -3.30. The van der Waals surface area contributed by atoms with Gasteiger partial charge in [-0.25, -0.2) is 14.4 Å². The fraction of sp³-hybridized carbons (Fsp3) is 0.625. The summed E-state index contributed by atoms with van der Waals surface area (Å²) >= 11 is 0. The molecule has 0 spiro atoms. The molecule has 3 N–H and O–H groups in total. The molecule has 0 atom stereocenters. The summed E-state index contributed by atoms with van der Waals surface area (Å²) in [6.07, 6.45) is 4.88. The second-order valence-electron chi connectivity index (χ2n) is 3.04. The predicted octanol–water partition coefficient (Wildman–Crippen LogP) is -0.214. The Morgan fingerprint density at radius 3 is 2.87 bits per heavy atom. The molecule has 0 saturated heterocycles. The fourth-order valence-corrected chi connectivity index (χ4v) is 2.03. The van der Waals surface area contributed by atoms with E-state index in [0.29, 0.717) is 13.1 Å². The fourth-order valence-electron chi connectivity index (χ4n) is 1.14. The molecule has 0 unspecified atom stereocenters. The molecule has 15 heavy (non-hydrogen) atoms. The largest absolute Gasteiger partial charge is 0.349 e. The normalized spacial score (nSPS) is 11.8. The Hall–Kier alpha value is -0.920. The molecule has 0 aromatic carbocycles. The summed E-state index contributed by atoms with van der Waals surface area (Å²) in [7, 11) is -3.30. The number of H-pyrrole nitrogens is 1. The van der Waals surface area contributed by atoms with Gasteiger partial charge in [0, 0.05) is 31.9 Å². The van der Waals surface area contributed by atoms with Crippen molar-refractivity contribution in [2.75, 3.05) is 13.1 Å². The third kappa shape index (κ3) is 4.91. The van der Waals surface area contributed by atoms with Crippen molar-refractivity contribution in [2.45, 2.75) is 19.8 Å². The minimum Gasteiger partial charge on any atom is -0.349 e. The van der Waals surface area contributed by atoms with E-state index in [9.17, 15) is 8.42 Å². The number of nitrogens with one attached hydrogen (secondary N) is 3. The Bertz CT molecular complexity index is 360. The van der Waals surface area contributed by atoms with Crippen molar-refractivity contribution in [1.29, 1.82) is 0 Å². The second kappa shape index (κ2) is 5.84. The first-order valence-corrected chi connectivity index (χ1v) is 6.35. The van der Waals surface area contributed by atoms with Gasteiger partial charge in [-0.2, -0.15) is 8.42 Å². The van der Waals surface area contributed by atoms with E-state index in [-0.39, 0.29) is 0 Å². The molecule has 0 radical (unpaired) electrons. The quantitative estimate of drug-likeness (QED) is 0.568. The predicted molar refractivity (Wildman–Crippen MR) is 57.5 cm³/mol. The van der Waals surface area contributed by atoms with E-state index in [0.717, 1.165) is 18.7 Å².